The average Bonchev–Trinajstić information content (AvgIpc) is 3.11. The van der Waals surface area contributed by atoms with Crippen LogP contribution >= 0.6 is 11.3 Å². The Hall–Kier alpha value is -1.20. The minimum atomic E-state index is 0.180. The third-order valence-corrected chi connectivity index (χ3v) is 5.24. The molecule has 3 rings (SSSR count). The van der Waals surface area contributed by atoms with E-state index in [0.29, 0.717) is 0 Å². The van der Waals surface area contributed by atoms with Crippen LogP contribution in [0.4, 0.5) is 0 Å². The van der Waals surface area contributed by atoms with E-state index in [4.69, 9.17) is 4.98 Å². The first-order chi connectivity index (χ1) is 10.3. The topological polar surface area (TPSA) is 42.7 Å². The Bertz CT molecular complexity index is 563. The molecule has 5 heteroatoms. The summed E-state index contributed by atoms with van der Waals surface area (Å²) in [5, 5.41) is 4.81. The van der Waals surface area contributed by atoms with Crippen molar-refractivity contribution in [2.24, 2.45) is 0 Å². The summed E-state index contributed by atoms with van der Waals surface area (Å²) in [6.45, 7) is 6.31. The molecule has 0 fully saturated rings. The molecular weight excluding hydrogens is 280 g/mol. The summed E-state index contributed by atoms with van der Waals surface area (Å²) >= 11 is 1.89. The molecule has 2 aromatic rings. The molecule has 2 heterocycles. The lowest BCUT2D eigenvalue weighted by Crippen LogP contribution is -2.24. The summed E-state index contributed by atoms with van der Waals surface area (Å²) in [5.41, 5.74) is 2.58. The fourth-order valence-corrected chi connectivity index (χ4v) is 4.26. The van der Waals surface area contributed by atoms with Gasteiger partial charge in [-0.3, -0.25) is 0 Å². The molecule has 1 atom stereocenters. The van der Waals surface area contributed by atoms with Gasteiger partial charge in [-0.2, -0.15) is 0 Å². The molecular formula is C16H24N4S. The highest BCUT2D eigenvalue weighted by molar-refractivity contribution is 7.11. The Balaban J connectivity index is 1.93. The molecule has 4 nitrogen and oxygen atoms in total. The van der Waals surface area contributed by atoms with Gasteiger partial charge in [0, 0.05) is 11.4 Å². The predicted molar refractivity (Wildman–Crippen MR) is 86.8 cm³/mol. The molecule has 21 heavy (non-hydrogen) atoms. The van der Waals surface area contributed by atoms with E-state index in [-0.39, 0.29) is 6.04 Å². The van der Waals surface area contributed by atoms with Gasteiger partial charge < -0.3 is 9.88 Å². The van der Waals surface area contributed by atoms with Crippen LogP contribution in [0.1, 0.15) is 60.4 Å². The normalized spacial score (nSPS) is 15.9. The molecule has 1 aliphatic rings. The molecule has 0 spiro atoms. The molecule has 2 aromatic heterocycles. The Morgan fingerprint density at radius 1 is 1.33 bits per heavy atom. The second-order valence-electron chi connectivity index (χ2n) is 5.63. The molecule has 1 N–H and O–H groups in total. The van der Waals surface area contributed by atoms with Crippen molar-refractivity contribution in [2.45, 2.75) is 58.5 Å². The Morgan fingerprint density at radius 3 is 2.95 bits per heavy atom. The van der Waals surface area contributed by atoms with Gasteiger partial charge in [0.2, 0.25) is 0 Å². The summed E-state index contributed by atoms with van der Waals surface area (Å²) in [5.74, 6) is 0. The number of hydrogen-bond donors (Lipinski definition) is 1. The van der Waals surface area contributed by atoms with E-state index < -0.39 is 0 Å². The van der Waals surface area contributed by atoms with Crippen molar-refractivity contribution in [3.05, 3.63) is 33.8 Å². The number of nitrogens with zero attached hydrogens (tertiary/aromatic N) is 3. The number of aromatic nitrogens is 3. The van der Waals surface area contributed by atoms with Crippen molar-refractivity contribution in [3.63, 3.8) is 0 Å². The molecule has 0 saturated carbocycles. The van der Waals surface area contributed by atoms with Crippen molar-refractivity contribution in [1.82, 2.24) is 19.9 Å². The van der Waals surface area contributed by atoms with Gasteiger partial charge in [-0.15, -0.1) is 11.3 Å². The van der Waals surface area contributed by atoms with Gasteiger partial charge in [0.25, 0.3) is 0 Å². The summed E-state index contributed by atoms with van der Waals surface area (Å²) < 4.78 is 2.26. The van der Waals surface area contributed by atoms with E-state index in [9.17, 15) is 0 Å². The van der Waals surface area contributed by atoms with Crippen LogP contribution in [0.25, 0.3) is 0 Å². The van der Waals surface area contributed by atoms with E-state index >= 15 is 0 Å². The van der Waals surface area contributed by atoms with E-state index in [1.807, 2.05) is 23.9 Å². The monoisotopic (exact) mass is 304 g/mol. The van der Waals surface area contributed by atoms with Gasteiger partial charge in [0.05, 0.1) is 23.9 Å². The van der Waals surface area contributed by atoms with Gasteiger partial charge in [-0.05, 0) is 38.6 Å². The number of imidazole rings is 1. The van der Waals surface area contributed by atoms with Gasteiger partial charge >= 0.3 is 0 Å². The molecule has 1 unspecified atom stereocenters. The minimum absolute atomic E-state index is 0.180. The summed E-state index contributed by atoms with van der Waals surface area (Å²) in [4.78, 5) is 10.8. The third-order valence-electron chi connectivity index (χ3n) is 4.02. The average molecular weight is 304 g/mol. The second kappa shape index (κ2) is 6.71. The number of thiazole rings is 1. The minimum Gasteiger partial charge on any atom is -0.333 e. The highest BCUT2D eigenvalue weighted by Crippen LogP contribution is 2.32. The number of rotatable bonds is 6. The van der Waals surface area contributed by atoms with Crippen LogP contribution in [0.3, 0.4) is 0 Å². The molecule has 0 radical (unpaired) electrons. The lowest BCUT2D eigenvalue weighted by atomic mass is 10.0. The maximum atomic E-state index is 4.94. The van der Waals surface area contributed by atoms with Crippen molar-refractivity contribution >= 4 is 11.3 Å². The maximum absolute atomic E-state index is 4.94. The predicted octanol–water partition coefficient (Wildman–Crippen LogP) is 3.33. The first-order valence-electron chi connectivity index (χ1n) is 8.05. The standard InChI is InChI=1S/C16H24N4S/c1-3-9-20-11-17-10-13(20)15(18-4-2)16-19-12-7-5-6-8-14(12)21-16/h10-11,15,18H,3-9H2,1-2H3. The van der Waals surface area contributed by atoms with Crippen LogP contribution in [-0.4, -0.2) is 21.1 Å². The van der Waals surface area contributed by atoms with Crippen molar-refractivity contribution in [1.29, 1.82) is 0 Å². The molecule has 1 aliphatic carbocycles. The fraction of sp³-hybridized carbons (Fsp3) is 0.625. The highest BCUT2D eigenvalue weighted by Gasteiger charge is 2.24. The van der Waals surface area contributed by atoms with Gasteiger partial charge in [0.15, 0.2) is 0 Å². The highest BCUT2D eigenvalue weighted by atomic mass is 32.1. The lowest BCUT2D eigenvalue weighted by Gasteiger charge is -2.17. The fourth-order valence-electron chi connectivity index (χ4n) is 3.02. The van der Waals surface area contributed by atoms with Crippen molar-refractivity contribution in [3.8, 4) is 0 Å². The van der Waals surface area contributed by atoms with Crippen LogP contribution in [0.15, 0.2) is 12.5 Å². The first kappa shape index (κ1) is 14.7. The molecule has 0 amide bonds. The second-order valence-corrected chi connectivity index (χ2v) is 6.75. The van der Waals surface area contributed by atoms with Crippen LogP contribution in [0, 0.1) is 0 Å². The zero-order chi connectivity index (χ0) is 14.7. The number of fused-ring (bicyclic) bond motifs is 1. The number of aryl methyl sites for hydroxylation is 3. The van der Waals surface area contributed by atoms with Crippen LogP contribution in [0.5, 0.6) is 0 Å². The van der Waals surface area contributed by atoms with E-state index in [0.717, 1.165) is 25.9 Å². The summed E-state index contributed by atoms with van der Waals surface area (Å²) in [6, 6.07) is 0.180. The Morgan fingerprint density at radius 2 is 2.19 bits per heavy atom. The van der Waals surface area contributed by atoms with Crippen molar-refractivity contribution < 1.29 is 0 Å². The maximum Gasteiger partial charge on any atom is 0.116 e. The Labute approximate surface area is 130 Å². The summed E-state index contributed by atoms with van der Waals surface area (Å²) in [7, 11) is 0. The van der Waals surface area contributed by atoms with Crippen LogP contribution < -0.4 is 5.32 Å². The van der Waals surface area contributed by atoms with Gasteiger partial charge in [-0.25, -0.2) is 9.97 Å². The van der Waals surface area contributed by atoms with E-state index in [1.165, 1.54) is 40.5 Å². The quantitative estimate of drug-likeness (QED) is 0.890. The van der Waals surface area contributed by atoms with Gasteiger partial charge in [0.1, 0.15) is 11.0 Å². The molecule has 0 saturated heterocycles. The SMILES string of the molecule is CCCn1cncc1C(NCC)c1nc2c(s1)CCCC2. The van der Waals surface area contributed by atoms with Crippen molar-refractivity contribution in [2.75, 3.05) is 6.54 Å². The van der Waals surface area contributed by atoms with E-state index in [1.54, 1.807) is 0 Å². The van der Waals surface area contributed by atoms with E-state index in [2.05, 4.69) is 28.7 Å². The van der Waals surface area contributed by atoms with Crippen LogP contribution in [-0.2, 0) is 19.4 Å². The summed E-state index contributed by atoms with van der Waals surface area (Å²) in [6.07, 6.45) is 10.0. The molecule has 0 aliphatic heterocycles. The number of hydrogen-bond acceptors (Lipinski definition) is 4. The zero-order valence-electron chi connectivity index (χ0n) is 12.9. The molecule has 0 aromatic carbocycles. The first-order valence-corrected chi connectivity index (χ1v) is 8.87. The van der Waals surface area contributed by atoms with Gasteiger partial charge in [-0.1, -0.05) is 13.8 Å². The smallest absolute Gasteiger partial charge is 0.116 e. The van der Waals surface area contributed by atoms with Crippen LogP contribution in [0.2, 0.25) is 0 Å². The molecule has 114 valence electrons. The largest absolute Gasteiger partial charge is 0.333 e. The number of nitrogens with one attached hydrogen (secondary N) is 1. The third kappa shape index (κ3) is 3.04. The zero-order valence-corrected chi connectivity index (χ0v) is 13.7. The molecule has 0 bridgehead atoms. The Kier molecular flexibility index (Phi) is 4.70. The lowest BCUT2D eigenvalue weighted by molar-refractivity contribution is 0.555.